The number of piperazine rings is 1. The number of nitrogens with zero attached hydrogens (tertiary/aromatic N) is 2. The first-order valence-corrected chi connectivity index (χ1v) is 8.56. The van der Waals surface area contributed by atoms with Gasteiger partial charge in [-0.1, -0.05) is 23.7 Å². The maximum Gasteiger partial charge on any atom is 0.317 e. The van der Waals surface area contributed by atoms with Gasteiger partial charge in [-0.2, -0.15) is 4.31 Å². The molecule has 1 aromatic rings. The van der Waals surface area contributed by atoms with Crippen molar-refractivity contribution < 1.29 is 13.2 Å². The molecule has 1 N–H and O–H groups in total. The molecule has 1 aliphatic heterocycles. The monoisotopic (exact) mass is 331 g/mol. The number of urea groups is 1. The lowest BCUT2D eigenvalue weighted by molar-refractivity contribution is 0.173. The van der Waals surface area contributed by atoms with E-state index in [2.05, 4.69) is 5.32 Å². The number of carbonyl (C=O) groups is 1. The van der Waals surface area contributed by atoms with E-state index in [0.717, 1.165) is 0 Å². The van der Waals surface area contributed by atoms with Gasteiger partial charge >= 0.3 is 6.03 Å². The topological polar surface area (TPSA) is 69.7 Å². The first kappa shape index (κ1) is 16.1. The summed E-state index contributed by atoms with van der Waals surface area (Å²) < 4.78 is 26.4. The number of hydrogen-bond acceptors (Lipinski definition) is 3. The van der Waals surface area contributed by atoms with E-state index in [9.17, 15) is 13.2 Å². The van der Waals surface area contributed by atoms with E-state index in [1.54, 1.807) is 23.1 Å². The van der Waals surface area contributed by atoms with Gasteiger partial charge < -0.3 is 10.2 Å². The van der Waals surface area contributed by atoms with Gasteiger partial charge in [-0.15, -0.1) is 0 Å². The van der Waals surface area contributed by atoms with Crippen LogP contribution in [-0.2, 0) is 10.0 Å². The highest BCUT2D eigenvalue weighted by atomic mass is 35.5. The summed E-state index contributed by atoms with van der Waals surface area (Å²) >= 11 is 5.97. The molecule has 21 heavy (non-hydrogen) atoms. The van der Waals surface area contributed by atoms with Crippen molar-refractivity contribution in [3.63, 3.8) is 0 Å². The quantitative estimate of drug-likeness (QED) is 0.909. The number of carbonyl (C=O) groups excluding carboxylic acids is 1. The molecule has 1 aliphatic rings. The molecule has 0 radical (unpaired) electrons. The first-order chi connectivity index (χ1) is 9.96. The molecule has 0 saturated carbocycles. The molecule has 1 saturated heterocycles. The molecule has 0 aromatic heterocycles. The number of halogens is 1. The Morgan fingerprint density at radius 3 is 2.43 bits per heavy atom. The van der Waals surface area contributed by atoms with Crippen LogP contribution in [0.4, 0.5) is 4.79 Å². The highest BCUT2D eigenvalue weighted by Gasteiger charge is 2.31. The summed E-state index contributed by atoms with van der Waals surface area (Å²) in [7, 11) is -3.61. The fourth-order valence-electron chi connectivity index (χ4n) is 2.19. The summed E-state index contributed by atoms with van der Waals surface area (Å²) in [6.45, 7) is 3.67. The van der Waals surface area contributed by atoms with Crippen molar-refractivity contribution >= 4 is 27.7 Å². The highest BCUT2D eigenvalue weighted by Crippen LogP contribution is 2.24. The predicted molar refractivity (Wildman–Crippen MR) is 80.9 cm³/mol. The molecule has 0 unspecified atom stereocenters. The lowest BCUT2D eigenvalue weighted by atomic mass is 10.4. The molecule has 0 aliphatic carbocycles. The van der Waals surface area contributed by atoms with Gasteiger partial charge in [0.15, 0.2) is 0 Å². The van der Waals surface area contributed by atoms with Crippen molar-refractivity contribution in [2.24, 2.45) is 0 Å². The van der Waals surface area contributed by atoms with Gasteiger partial charge in [0.1, 0.15) is 4.90 Å². The Morgan fingerprint density at radius 1 is 1.24 bits per heavy atom. The molecule has 1 heterocycles. The number of nitrogens with one attached hydrogen (secondary N) is 1. The third kappa shape index (κ3) is 3.48. The van der Waals surface area contributed by atoms with Crippen molar-refractivity contribution in [3.05, 3.63) is 29.3 Å². The summed E-state index contributed by atoms with van der Waals surface area (Å²) in [5.41, 5.74) is 0. The van der Waals surface area contributed by atoms with Crippen LogP contribution in [0.15, 0.2) is 29.2 Å². The van der Waals surface area contributed by atoms with Crippen molar-refractivity contribution in [3.8, 4) is 0 Å². The molecule has 2 amide bonds. The number of rotatable bonds is 3. The van der Waals surface area contributed by atoms with Gasteiger partial charge in [-0.25, -0.2) is 13.2 Å². The molecule has 1 aromatic carbocycles. The second-order valence-electron chi connectivity index (χ2n) is 4.66. The van der Waals surface area contributed by atoms with Crippen molar-refractivity contribution in [2.75, 3.05) is 32.7 Å². The van der Waals surface area contributed by atoms with Crippen LogP contribution in [-0.4, -0.2) is 56.4 Å². The Bertz CT molecular complexity index is 613. The van der Waals surface area contributed by atoms with E-state index in [1.807, 2.05) is 6.92 Å². The summed E-state index contributed by atoms with van der Waals surface area (Å²) in [5.74, 6) is 0. The zero-order valence-corrected chi connectivity index (χ0v) is 13.3. The van der Waals surface area contributed by atoms with E-state index in [0.29, 0.717) is 19.6 Å². The lowest BCUT2D eigenvalue weighted by Gasteiger charge is -2.34. The van der Waals surface area contributed by atoms with Crippen molar-refractivity contribution in [1.29, 1.82) is 0 Å². The molecule has 6 nitrogen and oxygen atoms in total. The molecule has 0 atom stereocenters. The highest BCUT2D eigenvalue weighted by molar-refractivity contribution is 7.89. The Morgan fingerprint density at radius 2 is 1.86 bits per heavy atom. The largest absolute Gasteiger partial charge is 0.338 e. The fraction of sp³-hybridized carbons (Fsp3) is 0.462. The van der Waals surface area contributed by atoms with Crippen LogP contribution in [0.5, 0.6) is 0 Å². The van der Waals surface area contributed by atoms with Gasteiger partial charge in [0.05, 0.1) is 5.02 Å². The first-order valence-electron chi connectivity index (χ1n) is 6.74. The molecule has 2 rings (SSSR count). The number of sulfonamides is 1. The minimum absolute atomic E-state index is 0.109. The van der Waals surface area contributed by atoms with E-state index >= 15 is 0 Å². The number of amides is 2. The van der Waals surface area contributed by atoms with Crippen LogP contribution in [0.25, 0.3) is 0 Å². The smallest absolute Gasteiger partial charge is 0.317 e. The molecule has 116 valence electrons. The maximum atomic E-state index is 12.5. The van der Waals surface area contributed by atoms with Crippen molar-refractivity contribution in [1.82, 2.24) is 14.5 Å². The van der Waals surface area contributed by atoms with Gasteiger partial charge in [0.2, 0.25) is 10.0 Å². The third-order valence-corrected chi connectivity index (χ3v) is 5.71. The Hall–Kier alpha value is -1.31. The minimum atomic E-state index is -3.61. The molecular formula is C13H18ClN3O3S. The van der Waals surface area contributed by atoms with Crippen LogP contribution < -0.4 is 5.32 Å². The van der Waals surface area contributed by atoms with E-state index in [-0.39, 0.29) is 29.0 Å². The SMILES string of the molecule is CCNC(=O)N1CCN(S(=O)(=O)c2ccccc2Cl)CC1. The number of benzene rings is 1. The maximum absolute atomic E-state index is 12.5. The summed E-state index contributed by atoms with van der Waals surface area (Å²) in [6.07, 6.45) is 0. The van der Waals surface area contributed by atoms with Gasteiger partial charge in [-0.05, 0) is 19.1 Å². The minimum Gasteiger partial charge on any atom is -0.338 e. The standard InChI is InChI=1S/C13H18ClN3O3S/c1-2-15-13(18)16-7-9-17(10-8-16)21(19,20)12-6-4-3-5-11(12)14/h3-6H,2,7-10H2,1H3,(H,15,18). The zero-order chi connectivity index (χ0) is 15.5. The molecule has 8 heteroatoms. The fourth-order valence-corrected chi connectivity index (χ4v) is 4.10. The van der Waals surface area contributed by atoms with E-state index in [1.165, 1.54) is 10.4 Å². The molecule has 0 bridgehead atoms. The summed E-state index contributed by atoms with van der Waals surface area (Å²) in [5, 5.41) is 2.92. The average molecular weight is 332 g/mol. The Kier molecular flexibility index (Phi) is 5.08. The second kappa shape index (κ2) is 6.64. The predicted octanol–water partition coefficient (Wildman–Crippen LogP) is 1.38. The van der Waals surface area contributed by atoms with E-state index < -0.39 is 10.0 Å². The third-order valence-electron chi connectivity index (χ3n) is 3.31. The molecular weight excluding hydrogens is 314 g/mol. The number of hydrogen-bond donors (Lipinski definition) is 1. The summed E-state index contributed by atoms with van der Waals surface area (Å²) in [6, 6.07) is 6.22. The van der Waals surface area contributed by atoms with Gasteiger partial charge in [0, 0.05) is 32.7 Å². The summed E-state index contributed by atoms with van der Waals surface area (Å²) in [4.78, 5) is 13.4. The molecule has 1 fully saturated rings. The van der Waals surface area contributed by atoms with Crippen LogP contribution in [0.2, 0.25) is 5.02 Å². The molecule has 0 spiro atoms. The zero-order valence-electron chi connectivity index (χ0n) is 11.8. The van der Waals surface area contributed by atoms with Crippen molar-refractivity contribution in [2.45, 2.75) is 11.8 Å². The normalized spacial score (nSPS) is 16.8. The van der Waals surface area contributed by atoms with Crippen LogP contribution in [0.3, 0.4) is 0 Å². The van der Waals surface area contributed by atoms with Gasteiger partial charge in [-0.3, -0.25) is 0 Å². The second-order valence-corrected chi connectivity index (χ2v) is 6.97. The van der Waals surface area contributed by atoms with Crippen LogP contribution in [0, 0.1) is 0 Å². The van der Waals surface area contributed by atoms with Crippen LogP contribution in [0.1, 0.15) is 6.92 Å². The van der Waals surface area contributed by atoms with Gasteiger partial charge in [0.25, 0.3) is 0 Å². The van der Waals surface area contributed by atoms with Crippen LogP contribution >= 0.6 is 11.6 Å². The lowest BCUT2D eigenvalue weighted by Crippen LogP contribution is -2.53. The Balaban J connectivity index is 2.08. The Labute approximate surface area is 129 Å². The van der Waals surface area contributed by atoms with E-state index in [4.69, 9.17) is 11.6 Å². The average Bonchev–Trinajstić information content (AvgIpc) is 2.48.